The van der Waals surface area contributed by atoms with E-state index in [-0.39, 0.29) is 17.6 Å². The first kappa shape index (κ1) is 11.9. The topological polar surface area (TPSA) is 46.6 Å². The van der Waals surface area contributed by atoms with Gasteiger partial charge in [0.2, 0.25) is 0 Å². The SMILES string of the molecule is CC1Oc2ccc(C(=O)CCl)cc2N(C)C1=O. The zero-order valence-corrected chi connectivity index (χ0v) is 10.3. The summed E-state index contributed by atoms with van der Waals surface area (Å²) in [4.78, 5) is 24.7. The number of ketones is 1. The van der Waals surface area contributed by atoms with Gasteiger partial charge in [0.15, 0.2) is 11.9 Å². The van der Waals surface area contributed by atoms with Crippen molar-refractivity contribution in [3.63, 3.8) is 0 Å². The molecule has 0 N–H and O–H groups in total. The van der Waals surface area contributed by atoms with Gasteiger partial charge in [0.25, 0.3) is 5.91 Å². The molecule has 1 aromatic carbocycles. The first-order valence-corrected chi connectivity index (χ1v) is 5.75. The highest BCUT2D eigenvalue weighted by Gasteiger charge is 2.29. The van der Waals surface area contributed by atoms with Crippen LogP contribution in [0, 0.1) is 0 Å². The number of amides is 1. The number of anilines is 1. The molecule has 1 aromatic rings. The lowest BCUT2D eigenvalue weighted by molar-refractivity contribution is -0.125. The fourth-order valence-corrected chi connectivity index (χ4v) is 1.92. The maximum absolute atomic E-state index is 11.7. The summed E-state index contributed by atoms with van der Waals surface area (Å²) in [5.41, 5.74) is 1.08. The molecule has 0 bridgehead atoms. The third kappa shape index (κ3) is 2.00. The number of fused-ring (bicyclic) bond motifs is 1. The highest BCUT2D eigenvalue weighted by Crippen LogP contribution is 2.33. The lowest BCUT2D eigenvalue weighted by Crippen LogP contribution is -2.42. The van der Waals surface area contributed by atoms with Crippen molar-refractivity contribution in [1.82, 2.24) is 0 Å². The van der Waals surface area contributed by atoms with Crippen molar-refractivity contribution in [1.29, 1.82) is 0 Å². The van der Waals surface area contributed by atoms with Crippen LogP contribution in [0.2, 0.25) is 0 Å². The van der Waals surface area contributed by atoms with Crippen LogP contribution < -0.4 is 9.64 Å². The van der Waals surface area contributed by atoms with E-state index in [1.807, 2.05) is 0 Å². The monoisotopic (exact) mass is 253 g/mol. The predicted molar refractivity (Wildman–Crippen MR) is 65.0 cm³/mol. The lowest BCUT2D eigenvalue weighted by atomic mass is 10.1. The minimum atomic E-state index is -0.498. The van der Waals surface area contributed by atoms with E-state index < -0.39 is 6.10 Å². The number of alkyl halides is 1. The molecule has 0 radical (unpaired) electrons. The minimum absolute atomic E-state index is 0.0757. The smallest absolute Gasteiger partial charge is 0.267 e. The van der Waals surface area contributed by atoms with Gasteiger partial charge in [0.05, 0.1) is 11.6 Å². The number of nitrogens with zero attached hydrogens (tertiary/aromatic N) is 1. The van der Waals surface area contributed by atoms with E-state index in [1.165, 1.54) is 4.90 Å². The number of benzene rings is 1. The van der Waals surface area contributed by atoms with Crippen LogP contribution in [0.4, 0.5) is 5.69 Å². The third-order valence-corrected chi connectivity index (χ3v) is 2.99. The average molecular weight is 254 g/mol. The number of hydrogen-bond acceptors (Lipinski definition) is 3. The molecule has 1 heterocycles. The van der Waals surface area contributed by atoms with E-state index in [2.05, 4.69) is 0 Å². The molecule has 2 rings (SSSR count). The van der Waals surface area contributed by atoms with Crippen LogP contribution in [-0.2, 0) is 4.79 Å². The lowest BCUT2D eigenvalue weighted by Gasteiger charge is -2.30. The maximum Gasteiger partial charge on any atom is 0.267 e. The third-order valence-electron chi connectivity index (χ3n) is 2.75. The summed E-state index contributed by atoms with van der Waals surface area (Å²) < 4.78 is 5.45. The summed E-state index contributed by atoms with van der Waals surface area (Å²) in [6, 6.07) is 4.97. The van der Waals surface area contributed by atoms with Crippen molar-refractivity contribution < 1.29 is 14.3 Å². The van der Waals surface area contributed by atoms with E-state index in [0.29, 0.717) is 17.0 Å². The number of carbonyl (C=O) groups excluding carboxylic acids is 2. The van der Waals surface area contributed by atoms with Gasteiger partial charge in [-0.2, -0.15) is 0 Å². The molecule has 90 valence electrons. The fraction of sp³-hybridized carbons (Fsp3) is 0.333. The van der Waals surface area contributed by atoms with Crippen molar-refractivity contribution in [2.75, 3.05) is 17.8 Å². The Bertz CT molecular complexity index is 487. The standard InChI is InChI=1S/C12H12ClNO3/c1-7-12(16)14(2)9-5-8(10(15)6-13)3-4-11(9)17-7/h3-5,7H,6H2,1-2H3. The van der Waals surface area contributed by atoms with Crippen molar-refractivity contribution in [2.45, 2.75) is 13.0 Å². The average Bonchev–Trinajstić information content (AvgIpc) is 2.35. The summed E-state index contributed by atoms with van der Waals surface area (Å²) in [5, 5.41) is 0. The molecule has 5 heteroatoms. The first-order chi connectivity index (χ1) is 8.04. The Morgan fingerprint density at radius 3 is 2.88 bits per heavy atom. The van der Waals surface area contributed by atoms with Crippen LogP contribution in [0.15, 0.2) is 18.2 Å². The summed E-state index contributed by atoms with van der Waals surface area (Å²) in [7, 11) is 1.66. The van der Waals surface area contributed by atoms with Gasteiger partial charge >= 0.3 is 0 Å². The zero-order chi connectivity index (χ0) is 12.6. The minimum Gasteiger partial charge on any atom is -0.479 e. The summed E-state index contributed by atoms with van der Waals surface area (Å²) >= 11 is 5.50. The van der Waals surface area contributed by atoms with Crippen LogP contribution in [0.3, 0.4) is 0 Å². The Morgan fingerprint density at radius 1 is 1.53 bits per heavy atom. The Labute approximate surface area is 104 Å². The van der Waals surface area contributed by atoms with Crippen LogP contribution >= 0.6 is 11.6 Å². The summed E-state index contributed by atoms with van der Waals surface area (Å²) in [5.74, 6) is 0.223. The highest BCUT2D eigenvalue weighted by molar-refractivity contribution is 6.30. The normalized spacial score (nSPS) is 18.6. The molecule has 0 aromatic heterocycles. The van der Waals surface area contributed by atoms with E-state index >= 15 is 0 Å². The Balaban J connectivity index is 2.45. The number of Topliss-reactive ketones (excluding diaryl/α,β-unsaturated/α-hetero) is 1. The van der Waals surface area contributed by atoms with E-state index in [0.717, 1.165) is 0 Å². The molecule has 0 aliphatic carbocycles. The Kier molecular flexibility index (Phi) is 3.07. The molecule has 1 amide bonds. The molecule has 1 atom stereocenters. The van der Waals surface area contributed by atoms with Crippen LogP contribution in [0.5, 0.6) is 5.75 Å². The second-order valence-corrected chi connectivity index (χ2v) is 4.16. The zero-order valence-electron chi connectivity index (χ0n) is 9.57. The molecule has 17 heavy (non-hydrogen) atoms. The number of rotatable bonds is 2. The van der Waals surface area contributed by atoms with Crippen molar-refractivity contribution in [3.8, 4) is 5.75 Å². The van der Waals surface area contributed by atoms with Crippen LogP contribution in [0.25, 0.3) is 0 Å². The molecule has 0 fully saturated rings. The van der Waals surface area contributed by atoms with Crippen molar-refractivity contribution in [2.24, 2.45) is 0 Å². The summed E-state index contributed by atoms with van der Waals surface area (Å²) in [6.45, 7) is 1.69. The van der Waals surface area contributed by atoms with Crippen LogP contribution in [-0.4, -0.2) is 30.7 Å². The van der Waals surface area contributed by atoms with Gasteiger partial charge in [-0.1, -0.05) is 0 Å². The van der Waals surface area contributed by atoms with Crippen LogP contribution in [0.1, 0.15) is 17.3 Å². The number of likely N-dealkylation sites (N-methyl/N-ethyl adjacent to an activating group) is 1. The molecule has 0 saturated carbocycles. The largest absolute Gasteiger partial charge is 0.479 e. The number of hydrogen-bond donors (Lipinski definition) is 0. The molecule has 0 saturated heterocycles. The molecule has 1 aliphatic rings. The molecule has 1 unspecified atom stereocenters. The van der Waals surface area contributed by atoms with Gasteiger partial charge in [-0.3, -0.25) is 9.59 Å². The first-order valence-electron chi connectivity index (χ1n) is 5.22. The quantitative estimate of drug-likeness (QED) is 0.597. The molecular formula is C12H12ClNO3. The van der Waals surface area contributed by atoms with E-state index in [1.54, 1.807) is 32.2 Å². The number of ether oxygens (including phenoxy) is 1. The predicted octanol–water partition coefficient (Wildman–Crippen LogP) is 1.85. The van der Waals surface area contributed by atoms with Gasteiger partial charge in [0.1, 0.15) is 5.75 Å². The maximum atomic E-state index is 11.7. The van der Waals surface area contributed by atoms with Crippen molar-refractivity contribution in [3.05, 3.63) is 23.8 Å². The van der Waals surface area contributed by atoms with Gasteiger partial charge in [0, 0.05) is 12.6 Å². The van der Waals surface area contributed by atoms with Gasteiger partial charge in [-0.15, -0.1) is 11.6 Å². The van der Waals surface area contributed by atoms with Gasteiger partial charge in [-0.25, -0.2) is 0 Å². The summed E-state index contributed by atoms with van der Waals surface area (Å²) in [6.07, 6.45) is -0.498. The van der Waals surface area contributed by atoms with E-state index in [9.17, 15) is 9.59 Å². The molecule has 0 spiro atoms. The molecular weight excluding hydrogens is 242 g/mol. The Morgan fingerprint density at radius 2 is 2.24 bits per heavy atom. The second kappa shape index (κ2) is 4.37. The molecule has 4 nitrogen and oxygen atoms in total. The second-order valence-electron chi connectivity index (χ2n) is 3.90. The fourth-order valence-electron chi connectivity index (χ4n) is 1.76. The molecule has 1 aliphatic heterocycles. The van der Waals surface area contributed by atoms with E-state index in [4.69, 9.17) is 16.3 Å². The Hall–Kier alpha value is -1.55. The highest BCUT2D eigenvalue weighted by atomic mass is 35.5. The van der Waals surface area contributed by atoms with Gasteiger partial charge < -0.3 is 9.64 Å². The number of carbonyl (C=O) groups is 2. The van der Waals surface area contributed by atoms with Crippen molar-refractivity contribution >= 4 is 29.0 Å². The van der Waals surface area contributed by atoms with Gasteiger partial charge in [-0.05, 0) is 25.1 Å². The number of halogens is 1.